The number of hydrogen-bond acceptors (Lipinski definition) is 2. The molecule has 0 unspecified atom stereocenters. The summed E-state index contributed by atoms with van der Waals surface area (Å²) in [6, 6.07) is 0. The van der Waals surface area contributed by atoms with E-state index in [4.69, 9.17) is 9.84 Å². The standard InChI is InChI=1S/C22H32O3/c1-2-3-4-5-6-7-8-9-10-11-12-14-17-20-21(25-20)18-15-13-16-19-22(23)24/h3-4,6-7,9-10,12-15,20-21H,2,5,8,11,16-19H2,1H3,(H,23,24)/b4-3-,7-6-,10-9-,14-12-,15-13-/t20-,21+/m0/s1. The van der Waals surface area contributed by atoms with Crippen molar-refractivity contribution < 1.29 is 14.6 Å². The largest absolute Gasteiger partial charge is 0.481 e. The quantitative estimate of drug-likeness (QED) is 0.322. The lowest BCUT2D eigenvalue weighted by Crippen LogP contribution is -1.92. The van der Waals surface area contributed by atoms with Gasteiger partial charge in [0.15, 0.2) is 0 Å². The van der Waals surface area contributed by atoms with Crippen LogP contribution in [0.5, 0.6) is 0 Å². The molecule has 25 heavy (non-hydrogen) atoms. The van der Waals surface area contributed by atoms with E-state index in [2.05, 4.69) is 55.5 Å². The van der Waals surface area contributed by atoms with Gasteiger partial charge >= 0.3 is 5.97 Å². The predicted molar refractivity (Wildman–Crippen MR) is 105 cm³/mol. The van der Waals surface area contributed by atoms with Crippen molar-refractivity contribution in [2.24, 2.45) is 0 Å². The molecule has 1 rings (SSSR count). The molecule has 1 saturated heterocycles. The van der Waals surface area contributed by atoms with E-state index < -0.39 is 5.97 Å². The molecule has 3 heteroatoms. The summed E-state index contributed by atoms with van der Waals surface area (Å²) in [5, 5.41) is 8.54. The molecule has 0 spiro atoms. The molecule has 0 amide bonds. The van der Waals surface area contributed by atoms with E-state index in [9.17, 15) is 4.79 Å². The lowest BCUT2D eigenvalue weighted by molar-refractivity contribution is -0.136. The van der Waals surface area contributed by atoms with Crippen molar-refractivity contribution in [3.63, 3.8) is 0 Å². The van der Waals surface area contributed by atoms with Crippen LogP contribution in [0.15, 0.2) is 60.8 Å². The second kappa shape index (κ2) is 14.5. The third-order valence-electron chi connectivity index (χ3n) is 3.83. The first kappa shape index (κ1) is 21.2. The Hall–Kier alpha value is -1.87. The molecule has 0 bridgehead atoms. The van der Waals surface area contributed by atoms with E-state index in [0.29, 0.717) is 18.6 Å². The number of hydrogen-bond donors (Lipinski definition) is 1. The summed E-state index contributed by atoms with van der Waals surface area (Å²) in [6.07, 6.45) is 28.9. The third-order valence-corrected chi connectivity index (χ3v) is 3.83. The molecule has 1 aliphatic heterocycles. The van der Waals surface area contributed by atoms with Crippen LogP contribution in [-0.2, 0) is 9.53 Å². The van der Waals surface area contributed by atoms with Gasteiger partial charge < -0.3 is 9.84 Å². The first-order valence-corrected chi connectivity index (χ1v) is 9.36. The number of carboxylic acid groups (broad SMARTS) is 1. The molecule has 0 aliphatic carbocycles. The average molecular weight is 344 g/mol. The minimum absolute atomic E-state index is 0.202. The normalized spacial score (nSPS) is 20.8. The van der Waals surface area contributed by atoms with Crippen LogP contribution in [0.4, 0.5) is 0 Å². The van der Waals surface area contributed by atoms with Gasteiger partial charge in [-0.1, -0.05) is 67.7 Å². The van der Waals surface area contributed by atoms with Crippen molar-refractivity contribution in [2.75, 3.05) is 0 Å². The minimum Gasteiger partial charge on any atom is -0.481 e. The van der Waals surface area contributed by atoms with Gasteiger partial charge in [-0.05, 0) is 44.9 Å². The van der Waals surface area contributed by atoms with Crippen molar-refractivity contribution >= 4 is 5.97 Å². The smallest absolute Gasteiger partial charge is 0.303 e. The van der Waals surface area contributed by atoms with Gasteiger partial charge in [-0.3, -0.25) is 4.79 Å². The molecule has 2 atom stereocenters. The van der Waals surface area contributed by atoms with Crippen molar-refractivity contribution in [3.05, 3.63) is 60.8 Å². The van der Waals surface area contributed by atoms with Gasteiger partial charge in [0.1, 0.15) is 0 Å². The number of allylic oxidation sites excluding steroid dienone is 8. The zero-order valence-electron chi connectivity index (χ0n) is 15.3. The maximum atomic E-state index is 10.4. The maximum Gasteiger partial charge on any atom is 0.303 e. The zero-order chi connectivity index (χ0) is 18.2. The summed E-state index contributed by atoms with van der Waals surface area (Å²) in [5.41, 5.74) is 0. The fourth-order valence-corrected chi connectivity index (χ4v) is 2.36. The first-order valence-electron chi connectivity index (χ1n) is 9.36. The lowest BCUT2D eigenvalue weighted by Gasteiger charge is -1.89. The van der Waals surface area contributed by atoms with Crippen LogP contribution in [0.25, 0.3) is 0 Å². The monoisotopic (exact) mass is 344 g/mol. The van der Waals surface area contributed by atoms with Gasteiger partial charge in [0.25, 0.3) is 0 Å². The number of carbonyl (C=O) groups is 1. The molecule has 3 nitrogen and oxygen atoms in total. The highest BCUT2D eigenvalue weighted by Crippen LogP contribution is 2.29. The Bertz CT molecular complexity index is 497. The summed E-state index contributed by atoms with van der Waals surface area (Å²) >= 11 is 0. The van der Waals surface area contributed by atoms with Gasteiger partial charge in [-0.2, -0.15) is 0 Å². The summed E-state index contributed by atoms with van der Waals surface area (Å²) in [6.45, 7) is 2.15. The molecule has 0 radical (unpaired) electrons. The Labute approximate surface area is 152 Å². The van der Waals surface area contributed by atoms with Gasteiger partial charge in [0.05, 0.1) is 12.2 Å². The zero-order valence-corrected chi connectivity index (χ0v) is 15.3. The van der Waals surface area contributed by atoms with E-state index in [1.54, 1.807) is 0 Å². The lowest BCUT2D eigenvalue weighted by atomic mass is 10.1. The van der Waals surface area contributed by atoms with Crippen LogP contribution < -0.4 is 0 Å². The molecule has 1 N–H and O–H groups in total. The molecule has 1 heterocycles. The number of epoxide rings is 1. The first-order chi connectivity index (χ1) is 12.2. The highest BCUT2D eigenvalue weighted by atomic mass is 16.6. The summed E-state index contributed by atoms with van der Waals surface area (Å²) in [5.74, 6) is -0.746. The molecule has 138 valence electrons. The maximum absolute atomic E-state index is 10.4. The fraction of sp³-hybridized carbons (Fsp3) is 0.500. The van der Waals surface area contributed by atoms with Crippen LogP contribution in [0.2, 0.25) is 0 Å². The van der Waals surface area contributed by atoms with E-state index in [0.717, 1.165) is 38.5 Å². The van der Waals surface area contributed by atoms with Crippen LogP contribution in [0, 0.1) is 0 Å². The Morgan fingerprint density at radius 3 is 1.80 bits per heavy atom. The molecule has 0 aromatic carbocycles. The van der Waals surface area contributed by atoms with Gasteiger partial charge in [0, 0.05) is 6.42 Å². The highest BCUT2D eigenvalue weighted by Gasteiger charge is 2.35. The predicted octanol–water partition coefficient (Wildman–Crippen LogP) is 5.76. The highest BCUT2D eigenvalue weighted by molar-refractivity contribution is 5.66. The van der Waals surface area contributed by atoms with E-state index in [-0.39, 0.29) is 6.42 Å². The molecular formula is C22H32O3. The van der Waals surface area contributed by atoms with Gasteiger partial charge in [-0.15, -0.1) is 0 Å². The molecule has 1 aliphatic rings. The third kappa shape index (κ3) is 13.1. The summed E-state index contributed by atoms with van der Waals surface area (Å²) in [7, 11) is 0. The van der Waals surface area contributed by atoms with E-state index in [1.165, 1.54) is 0 Å². The summed E-state index contributed by atoms with van der Waals surface area (Å²) < 4.78 is 5.59. The van der Waals surface area contributed by atoms with Crippen molar-refractivity contribution in [1.82, 2.24) is 0 Å². The van der Waals surface area contributed by atoms with Crippen LogP contribution >= 0.6 is 0 Å². The Morgan fingerprint density at radius 1 is 0.800 bits per heavy atom. The van der Waals surface area contributed by atoms with Crippen LogP contribution in [0.3, 0.4) is 0 Å². The number of ether oxygens (including phenoxy) is 1. The van der Waals surface area contributed by atoms with E-state index in [1.807, 2.05) is 12.2 Å². The number of aliphatic carboxylic acids is 1. The Balaban J connectivity index is 1.96. The molecule has 0 aromatic heterocycles. The Morgan fingerprint density at radius 2 is 1.28 bits per heavy atom. The van der Waals surface area contributed by atoms with Gasteiger partial charge in [-0.25, -0.2) is 0 Å². The second-order valence-electron chi connectivity index (χ2n) is 6.09. The average Bonchev–Trinajstić information content (AvgIpc) is 3.33. The van der Waals surface area contributed by atoms with E-state index >= 15 is 0 Å². The van der Waals surface area contributed by atoms with Crippen LogP contribution in [0.1, 0.15) is 58.3 Å². The van der Waals surface area contributed by atoms with Gasteiger partial charge in [0.2, 0.25) is 0 Å². The van der Waals surface area contributed by atoms with Crippen molar-refractivity contribution in [1.29, 1.82) is 0 Å². The topological polar surface area (TPSA) is 49.8 Å². The second-order valence-corrected chi connectivity index (χ2v) is 6.09. The van der Waals surface area contributed by atoms with Crippen molar-refractivity contribution in [3.8, 4) is 0 Å². The van der Waals surface area contributed by atoms with Crippen molar-refractivity contribution in [2.45, 2.75) is 70.5 Å². The molecule has 1 fully saturated rings. The SMILES string of the molecule is CC/C=C\C/C=C\C/C=C\C/C=C\C[C@@H]1O[C@@H]1C/C=C\CCC(=O)O. The molecular weight excluding hydrogens is 312 g/mol. The fourth-order valence-electron chi connectivity index (χ4n) is 2.36. The molecule has 0 aromatic rings. The molecule has 0 saturated carbocycles. The number of rotatable bonds is 14. The summed E-state index contributed by atoms with van der Waals surface area (Å²) in [4.78, 5) is 10.4. The Kier molecular flexibility index (Phi) is 12.3. The number of carboxylic acids is 1. The minimum atomic E-state index is -0.746. The van der Waals surface area contributed by atoms with Crippen LogP contribution in [-0.4, -0.2) is 23.3 Å².